The largest absolute Gasteiger partial charge is 0.458 e. The summed E-state index contributed by atoms with van der Waals surface area (Å²) in [6.45, 7) is 9.88. The Hall–Kier alpha value is -8.06. The number of esters is 1. The molecule has 8 N–H and O–H groups in total. The van der Waals surface area contributed by atoms with Gasteiger partial charge in [0.1, 0.15) is 24.7 Å². The highest BCUT2D eigenvalue weighted by Crippen LogP contribution is 2.40. The molecule has 3 aliphatic heterocycles. The second kappa shape index (κ2) is 34.5. The lowest BCUT2D eigenvalue weighted by Gasteiger charge is -2.31. The average molecular weight is 1230 g/mol. The molecule has 9 amide bonds. The zero-order valence-electron chi connectivity index (χ0n) is 50.1. The second-order valence-electron chi connectivity index (χ2n) is 20.8. The van der Waals surface area contributed by atoms with Crippen LogP contribution in [0.4, 0.5) is 0 Å². The van der Waals surface area contributed by atoms with Gasteiger partial charge in [-0.25, -0.2) is 9.78 Å². The number of nitrogens with two attached hydrogens (primary N) is 1. The normalized spacial score (nSPS) is 15.8. The number of para-hydroxylation sites is 1. The van der Waals surface area contributed by atoms with Gasteiger partial charge in [0, 0.05) is 67.7 Å². The van der Waals surface area contributed by atoms with Gasteiger partial charge >= 0.3 is 5.97 Å². The van der Waals surface area contributed by atoms with Gasteiger partial charge in [-0.05, 0) is 50.8 Å². The van der Waals surface area contributed by atoms with Gasteiger partial charge in [0.05, 0.1) is 121 Å². The van der Waals surface area contributed by atoms with E-state index in [1.807, 2.05) is 31.2 Å². The molecule has 5 heterocycles. The molecule has 6 rings (SSSR count). The second-order valence-corrected chi connectivity index (χ2v) is 20.8. The molecule has 2 aromatic heterocycles. The van der Waals surface area contributed by atoms with Crippen molar-refractivity contribution in [3.05, 3.63) is 75.1 Å². The number of rotatable bonds is 40. The Labute approximate surface area is 508 Å². The Morgan fingerprint density at radius 1 is 0.727 bits per heavy atom. The Morgan fingerprint density at radius 2 is 1.32 bits per heavy atom. The van der Waals surface area contributed by atoms with Gasteiger partial charge in [0.15, 0.2) is 5.60 Å². The molecular formula is C59H80N10O19. The van der Waals surface area contributed by atoms with Crippen molar-refractivity contribution in [3.63, 3.8) is 0 Å². The highest BCUT2D eigenvalue weighted by atomic mass is 16.6. The molecule has 3 aromatic rings. The topological polar surface area (TPSA) is 383 Å². The van der Waals surface area contributed by atoms with Crippen LogP contribution in [0.25, 0.3) is 22.3 Å². The van der Waals surface area contributed by atoms with Crippen molar-refractivity contribution in [1.82, 2.24) is 45.9 Å². The van der Waals surface area contributed by atoms with Crippen LogP contribution in [0, 0.1) is 0 Å². The van der Waals surface area contributed by atoms with Crippen molar-refractivity contribution >= 4 is 70.0 Å². The summed E-state index contributed by atoms with van der Waals surface area (Å²) in [6, 6.07) is 5.22. The lowest BCUT2D eigenvalue weighted by Crippen LogP contribution is -2.56. The molecule has 0 fully saturated rings. The molecule has 0 radical (unpaired) electrons. The van der Waals surface area contributed by atoms with E-state index >= 15 is 0 Å². The van der Waals surface area contributed by atoms with Crippen LogP contribution in [0.1, 0.15) is 82.1 Å². The van der Waals surface area contributed by atoms with Gasteiger partial charge < -0.3 is 80.0 Å². The molecule has 0 unspecified atom stereocenters. The summed E-state index contributed by atoms with van der Waals surface area (Å²) in [6.07, 6.45) is 2.52. The number of benzene rings is 1. The fraction of sp³-hybridized carbons (Fsp3) is 0.559. The van der Waals surface area contributed by atoms with Crippen LogP contribution in [0.15, 0.2) is 47.3 Å². The number of nitrogens with one attached hydrogen (secondary N) is 5. The van der Waals surface area contributed by atoms with Crippen molar-refractivity contribution < 1.29 is 86.2 Å². The van der Waals surface area contributed by atoms with Crippen LogP contribution in [-0.4, -0.2) is 214 Å². The standard InChI is InChI=1S/C59H80N10O19/c1-5-17-67(18-13-39-40-9-7-8-10-44(40)65-53-41(39)35-69-46(53)32-43-42(57(69)79)36-88-58(80)59(43,81)6-2)52(75)34-62-56(78)45(33-47(60)70)66-55(77)38(4)64-54(76)37(3)63-49(72)15-20-82-22-24-84-26-28-86-30-31-87-29-27-85-25-23-83-21-16-61-48(71)14-19-68-50(73)11-12-51(68)74/h7-12,32,37-38,45,81H,5-6,13-31,33-36H2,1-4H3,(H2,60,70)(H,61,71)(H,62,78)(H,63,72)(H,64,76)(H,66,77)/t37-,38-,45-,59-/m0/s1. The van der Waals surface area contributed by atoms with Crippen molar-refractivity contribution in [2.75, 3.05) is 112 Å². The minimum absolute atomic E-state index is 0.0104. The van der Waals surface area contributed by atoms with Crippen LogP contribution in [0.3, 0.4) is 0 Å². The molecular weight excluding hydrogens is 1150 g/mol. The third-order valence-electron chi connectivity index (χ3n) is 14.5. The highest BCUT2D eigenvalue weighted by Gasteiger charge is 2.45. The lowest BCUT2D eigenvalue weighted by molar-refractivity contribution is -0.172. The van der Waals surface area contributed by atoms with Crippen molar-refractivity contribution in [1.29, 1.82) is 0 Å². The van der Waals surface area contributed by atoms with Gasteiger partial charge in [-0.1, -0.05) is 32.0 Å². The van der Waals surface area contributed by atoms with E-state index in [2.05, 4.69) is 26.6 Å². The molecule has 3 aliphatic rings. The van der Waals surface area contributed by atoms with E-state index < -0.39 is 95.5 Å². The summed E-state index contributed by atoms with van der Waals surface area (Å²) in [4.78, 5) is 147. The summed E-state index contributed by atoms with van der Waals surface area (Å²) in [5.41, 5.74) is 6.56. The highest BCUT2D eigenvalue weighted by molar-refractivity contribution is 6.13. The summed E-state index contributed by atoms with van der Waals surface area (Å²) >= 11 is 0. The van der Waals surface area contributed by atoms with E-state index in [0.29, 0.717) is 89.1 Å². The van der Waals surface area contributed by atoms with Crippen LogP contribution in [-0.2, 0) is 106 Å². The minimum Gasteiger partial charge on any atom is -0.458 e. The van der Waals surface area contributed by atoms with E-state index in [-0.39, 0.29) is 95.5 Å². The van der Waals surface area contributed by atoms with Gasteiger partial charge in [-0.2, -0.15) is 0 Å². The van der Waals surface area contributed by atoms with Crippen LogP contribution in [0.2, 0.25) is 0 Å². The first-order valence-corrected chi connectivity index (χ1v) is 29.4. The first-order valence-electron chi connectivity index (χ1n) is 29.4. The van der Waals surface area contributed by atoms with E-state index in [1.54, 1.807) is 22.5 Å². The predicted octanol–water partition coefficient (Wildman–Crippen LogP) is -1.73. The van der Waals surface area contributed by atoms with Crippen LogP contribution >= 0.6 is 0 Å². The van der Waals surface area contributed by atoms with Gasteiger partial charge in [-0.15, -0.1) is 0 Å². The van der Waals surface area contributed by atoms with Gasteiger partial charge in [-0.3, -0.25) is 52.8 Å². The van der Waals surface area contributed by atoms with Crippen LogP contribution in [0.5, 0.6) is 0 Å². The number of ether oxygens (including phenoxy) is 7. The summed E-state index contributed by atoms with van der Waals surface area (Å²) < 4.78 is 39.5. The smallest absolute Gasteiger partial charge is 0.343 e. The number of carbonyl (C=O) groups excluding carboxylic acids is 10. The number of aliphatic hydroxyl groups is 1. The predicted molar refractivity (Wildman–Crippen MR) is 312 cm³/mol. The number of hydrogen-bond acceptors (Lipinski definition) is 20. The maximum atomic E-state index is 13.9. The van der Waals surface area contributed by atoms with Crippen molar-refractivity contribution in [2.24, 2.45) is 5.73 Å². The SMILES string of the molecule is CCCN(CCc1c2c(nc3ccccc13)-c1cc3c(c(=O)n1C2)COC(=O)[C@]3(O)CC)C(=O)CNC(=O)[C@H](CC(N)=O)NC(=O)[C@H](C)NC(=O)[C@H](C)NC(=O)CCOCCOCCOCCOCCOCCOCCNC(=O)CCN1C(=O)C=CC1=O. The molecule has 1 aromatic carbocycles. The van der Waals surface area contributed by atoms with Gasteiger partial charge in [0.2, 0.25) is 41.4 Å². The maximum absolute atomic E-state index is 13.9. The number of amides is 9. The Morgan fingerprint density at radius 3 is 1.93 bits per heavy atom. The zero-order valence-corrected chi connectivity index (χ0v) is 50.1. The molecule has 29 heteroatoms. The number of primary amides is 1. The minimum atomic E-state index is -2.00. The van der Waals surface area contributed by atoms with E-state index in [0.717, 1.165) is 21.4 Å². The zero-order chi connectivity index (χ0) is 63.8. The number of aromatic nitrogens is 2. The molecule has 0 bridgehead atoms. The molecule has 0 aliphatic carbocycles. The molecule has 0 saturated heterocycles. The number of carbonyl (C=O) groups is 10. The number of hydrogen-bond donors (Lipinski definition) is 7. The van der Waals surface area contributed by atoms with E-state index in [1.165, 1.54) is 26.0 Å². The first-order chi connectivity index (χ1) is 42.3. The molecule has 480 valence electrons. The van der Waals surface area contributed by atoms with E-state index in [9.17, 15) is 57.8 Å². The molecule has 29 nitrogen and oxygen atoms in total. The quantitative estimate of drug-likeness (QED) is 0.0148. The Balaban J connectivity index is 0.814. The molecule has 0 spiro atoms. The monoisotopic (exact) mass is 1230 g/mol. The Kier molecular flexibility index (Phi) is 27.0. The summed E-state index contributed by atoms with van der Waals surface area (Å²) in [7, 11) is 0. The van der Waals surface area contributed by atoms with E-state index in [4.69, 9.17) is 43.9 Å². The number of cyclic esters (lactones) is 1. The number of fused-ring (bicyclic) bond motifs is 5. The number of nitrogens with zero attached hydrogens (tertiary/aromatic N) is 4. The third kappa shape index (κ3) is 19.5. The third-order valence-corrected chi connectivity index (χ3v) is 14.5. The molecule has 88 heavy (non-hydrogen) atoms. The van der Waals surface area contributed by atoms with Crippen molar-refractivity contribution in [3.8, 4) is 11.4 Å². The molecule has 0 saturated carbocycles. The lowest BCUT2D eigenvalue weighted by atomic mass is 9.86. The Bertz CT molecular complexity index is 3080. The number of imide groups is 1. The van der Waals surface area contributed by atoms with Gasteiger partial charge in [0.25, 0.3) is 17.4 Å². The average Bonchev–Trinajstić information content (AvgIpc) is 1.73. The summed E-state index contributed by atoms with van der Waals surface area (Å²) in [5.74, 6) is -6.32. The fourth-order valence-corrected chi connectivity index (χ4v) is 9.75. The van der Waals surface area contributed by atoms with Crippen LogP contribution < -0.4 is 37.9 Å². The summed E-state index contributed by atoms with van der Waals surface area (Å²) in [5, 5.41) is 24.7. The number of pyridine rings is 2. The first kappa shape index (κ1) is 69.0. The van der Waals surface area contributed by atoms with Crippen molar-refractivity contribution in [2.45, 2.75) is 103 Å². The fourth-order valence-electron chi connectivity index (χ4n) is 9.75. The maximum Gasteiger partial charge on any atom is 0.343 e. The molecule has 4 atom stereocenters.